The van der Waals surface area contributed by atoms with Crippen molar-refractivity contribution < 1.29 is 4.39 Å². The predicted molar refractivity (Wildman–Crippen MR) is 128 cm³/mol. The summed E-state index contributed by atoms with van der Waals surface area (Å²) < 4.78 is 13.7. The van der Waals surface area contributed by atoms with Crippen molar-refractivity contribution in [2.24, 2.45) is 0 Å². The summed E-state index contributed by atoms with van der Waals surface area (Å²) in [6.07, 6.45) is 1.05. The van der Waals surface area contributed by atoms with Crippen LogP contribution >= 0.6 is 0 Å². The molecule has 160 valence electrons. The molecule has 1 fully saturated rings. The summed E-state index contributed by atoms with van der Waals surface area (Å²) in [6.45, 7) is 3.69. The number of hydrogen-bond donors (Lipinski definition) is 1. The van der Waals surface area contributed by atoms with Gasteiger partial charge >= 0.3 is 0 Å². The van der Waals surface area contributed by atoms with Crippen LogP contribution in [0.25, 0.3) is 33.8 Å². The standard InChI is InChI=1S/C27H25FN4/c28-23-14-12-21(13-15-23)25-24(20-8-3-1-4-9-20)27(32-18-7-16-29-17-19-32)31-26(30-25)22-10-5-2-6-11-22/h1-6,8-15,29H,7,16-19H2. The van der Waals surface area contributed by atoms with Crippen molar-refractivity contribution in [1.82, 2.24) is 15.3 Å². The van der Waals surface area contributed by atoms with Gasteiger partial charge in [0.15, 0.2) is 5.82 Å². The van der Waals surface area contributed by atoms with E-state index >= 15 is 0 Å². The molecule has 0 atom stereocenters. The zero-order valence-corrected chi connectivity index (χ0v) is 17.8. The molecule has 0 unspecified atom stereocenters. The molecule has 0 aliphatic carbocycles. The van der Waals surface area contributed by atoms with Crippen LogP contribution < -0.4 is 10.2 Å². The minimum atomic E-state index is -0.258. The van der Waals surface area contributed by atoms with Crippen LogP contribution in [-0.4, -0.2) is 36.1 Å². The molecule has 0 radical (unpaired) electrons. The van der Waals surface area contributed by atoms with Crippen molar-refractivity contribution in [3.8, 4) is 33.8 Å². The maximum atomic E-state index is 13.7. The minimum absolute atomic E-state index is 0.258. The van der Waals surface area contributed by atoms with Gasteiger partial charge in [0.2, 0.25) is 0 Å². The van der Waals surface area contributed by atoms with Gasteiger partial charge in [-0.15, -0.1) is 0 Å². The third-order valence-corrected chi connectivity index (χ3v) is 5.74. The van der Waals surface area contributed by atoms with Gasteiger partial charge in [0, 0.05) is 30.8 Å². The van der Waals surface area contributed by atoms with E-state index in [0.717, 1.165) is 66.4 Å². The predicted octanol–water partition coefficient (Wildman–Crippen LogP) is 5.42. The Hall–Kier alpha value is -3.57. The SMILES string of the molecule is Fc1ccc(-c2nc(-c3ccccc3)nc(N3CCCNCC3)c2-c2ccccc2)cc1. The zero-order valence-electron chi connectivity index (χ0n) is 17.8. The molecular formula is C27H25FN4. The molecule has 0 saturated carbocycles. The molecule has 4 nitrogen and oxygen atoms in total. The molecule has 0 amide bonds. The third kappa shape index (κ3) is 4.25. The van der Waals surface area contributed by atoms with Crippen LogP contribution in [0.1, 0.15) is 6.42 Å². The summed E-state index contributed by atoms with van der Waals surface area (Å²) in [4.78, 5) is 12.5. The molecule has 5 heteroatoms. The highest BCUT2D eigenvalue weighted by Gasteiger charge is 2.23. The van der Waals surface area contributed by atoms with Crippen LogP contribution in [0.4, 0.5) is 10.2 Å². The second-order valence-electron chi connectivity index (χ2n) is 7.92. The maximum absolute atomic E-state index is 13.7. The van der Waals surface area contributed by atoms with E-state index in [0.29, 0.717) is 5.82 Å². The highest BCUT2D eigenvalue weighted by atomic mass is 19.1. The first-order chi connectivity index (χ1) is 15.8. The molecule has 32 heavy (non-hydrogen) atoms. The van der Waals surface area contributed by atoms with E-state index in [-0.39, 0.29) is 5.82 Å². The quantitative estimate of drug-likeness (QED) is 0.475. The van der Waals surface area contributed by atoms with Crippen molar-refractivity contribution in [3.05, 3.63) is 90.7 Å². The Bertz CT molecular complexity index is 1170. The highest BCUT2D eigenvalue weighted by molar-refractivity contribution is 5.90. The number of nitrogens with one attached hydrogen (secondary N) is 1. The summed E-state index contributed by atoms with van der Waals surface area (Å²) in [5.41, 5.74) is 4.69. The van der Waals surface area contributed by atoms with Gasteiger partial charge in [-0.05, 0) is 42.8 Å². The zero-order chi connectivity index (χ0) is 21.8. The summed E-state index contributed by atoms with van der Waals surface area (Å²) in [5, 5.41) is 3.48. The van der Waals surface area contributed by atoms with Crippen molar-refractivity contribution in [3.63, 3.8) is 0 Å². The van der Waals surface area contributed by atoms with E-state index in [4.69, 9.17) is 9.97 Å². The Kier molecular flexibility index (Phi) is 5.90. The van der Waals surface area contributed by atoms with Crippen LogP contribution in [-0.2, 0) is 0 Å². The molecule has 4 aromatic rings. The normalized spacial score (nSPS) is 14.2. The van der Waals surface area contributed by atoms with Crippen LogP contribution in [0, 0.1) is 5.82 Å². The number of aromatic nitrogens is 2. The van der Waals surface area contributed by atoms with Gasteiger partial charge in [-0.25, -0.2) is 14.4 Å². The lowest BCUT2D eigenvalue weighted by Gasteiger charge is -2.26. The van der Waals surface area contributed by atoms with Gasteiger partial charge in [0.25, 0.3) is 0 Å². The van der Waals surface area contributed by atoms with Gasteiger partial charge in [-0.2, -0.15) is 0 Å². The summed E-state index contributed by atoms with van der Waals surface area (Å²) in [7, 11) is 0. The van der Waals surface area contributed by atoms with Crippen LogP contribution in [0.5, 0.6) is 0 Å². The van der Waals surface area contributed by atoms with E-state index in [1.54, 1.807) is 12.1 Å². The van der Waals surface area contributed by atoms with Gasteiger partial charge in [-0.1, -0.05) is 60.7 Å². The van der Waals surface area contributed by atoms with E-state index in [1.165, 1.54) is 12.1 Å². The Morgan fingerprint density at radius 1 is 0.688 bits per heavy atom. The smallest absolute Gasteiger partial charge is 0.162 e. The Morgan fingerprint density at radius 3 is 2.09 bits per heavy atom. The fourth-order valence-electron chi connectivity index (χ4n) is 4.14. The number of halogens is 1. The number of anilines is 1. The number of nitrogens with zero attached hydrogens (tertiary/aromatic N) is 3. The van der Waals surface area contributed by atoms with Crippen LogP contribution in [0.15, 0.2) is 84.9 Å². The molecule has 1 saturated heterocycles. The molecule has 1 aliphatic heterocycles. The number of benzene rings is 3. The topological polar surface area (TPSA) is 41.1 Å². The van der Waals surface area contributed by atoms with Crippen LogP contribution in [0.3, 0.4) is 0 Å². The second-order valence-corrected chi connectivity index (χ2v) is 7.92. The fourth-order valence-corrected chi connectivity index (χ4v) is 4.14. The molecular weight excluding hydrogens is 399 g/mol. The summed E-state index contributed by atoms with van der Waals surface area (Å²) >= 11 is 0. The van der Waals surface area contributed by atoms with Crippen molar-refractivity contribution in [2.75, 3.05) is 31.1 Å². The number of rotatable bonds is 4. The lowest BCUT2D eigenvalue weighted by atomic mass is 9.98. The van der Waals surface area contributed by atoms with Crippen molar-refractivity contribution in [2.45, 2.75) is 6.42 Å². The van der Waals surface area contributed by atoms with E-state index in [1.807, 2.05) is 48.5 Å². The first-order valence-electron chi connectivity index (χ1n) is 11.0. The first-order valence-corrected chi connectivity index (χ1v) is 11.0. The van der Waals surface area contributed by atoms with E-state index < -0.39 is 0 Å². The maximum Gasteiger partial charge on any atom is 0.162 e. The first kappa shape index (κ1) is 20.3. The lowest BCUT2D eigenvalue weighted by molar-refractivity contribution is 0.628. The molecule has 2 heterocycles. The van der Waals surface area contributed by atoms with Gasteiger partial charge < -0.3 is 10.2 Å². The Balaban J connectivity index is 1.79. The molecule has 3 aromatic carbocycles. The molecule has 5 rings (SSSR count). The molecule has 1 aromatic heterocycles. The van der Waals surface area contributed by atoms with Crippen LogP contribution in [0.2, 0.25) is 0 Å². The Morgan fingerprint density at radius 2 is 1.38 bits per heavy atom. The average Bonchev–Trinajstić information content (AvgIpc) is 3.14. The third-order valence-electron chi connectivity index (χ3n) is 5.74. The van der Waals surface area contributed by atoms with E-state index in [9.17, 15) is 4.39 Å². The second kappa shape index (κ2) is 9.28. The Labute approximate surface area is 187 Å². The number of hydrogen-bond acceptors (Lipinski definition) is 4. The summed E-state index contributed by atoms with van der Waals surface area (Å²) in [6, 6.07) is 26.9. The van der Waals surface area contributed by atoms with E-state index in [2.05, 4.69) is 22.3 Å². The van der Waals surface area contributed by atoms with Gasteiger partial charge in [0.05, 0.1) is 11.3 Å². The monoisotopic (exact) mass is 424 g/mol. The molecule has 0 spiro atoms. The van der Waals surface area contributed by atoms with Gasteiger partial charge in [-0.3, -0.25) is 0 Å². The lowest BCUT2D eigenvalue weighted by Crippen LogP contribution is -2.29. The van der Waals surface area contributed by atoms with Crippen molar-refractivity contribution in [1.29, 1.82) is 0 Å². The minimum Gasteiger partial charge on any atom is -0.355 e. The highest BCUT2D eigenvalue weighted by Crippen LogP contribution is 2.39. The van der Waals surface area contributed by atoms with Gasteiger partial charge in [0.1, 0.15) is 11.6 Å². The molecule has 0 bridgehead atoms. The molecule has 1 aliphatic rings. The molecule has 1 N–H and O–H groups in total. The summed E-state index contributed by atoms with van der Waals surface area (Å²) in [5.74, 6) is 1.34. The largest absolute Gasteiger partial charge is 0.355 e. The average molecular weight is 425 g/mol. The van der Waals surface area contributed by atoms with Crippen molar-refractivity contribution >= 4 is 5.82 Å². The fraction of sp³-hybridized carbons (Fsp3) is 0.185.